The zero-order valence-electron chi connectivity index (χ0n) is 9.10. The zero-order chi connectivity index (χ0) is 11.4. The molecule has 0 aromatic heterocycles. The molecule has 15 heavy (non-hydrogen) atoms. The summed E-state index contributed by atoms with van der Waals surface area (Å²) in [4.78, 5) is 11.6. The fourth-order valence-corrected chi connectivity index (χ4v) is 1.45. The molecule has 1 unspecified atom stereocenters. The number of carbonyl (C=O) groups excluding carboxylic acids is 1. The summed E-state index contributed by atoms with van der Waals surface area (Å²) in [5.74, 6) is -0.0381. The van der Waals surface area contributed by atoms with Crippen LogP contribution < -0.4 is 10.6 Å². The molecule has 4 heteroatoms. The number of rotatable bonds is 3. The van der Waals surface area contributed by atoms with Gasteiger partial charge in [0.25, 0.3) is 0 Å². The molecule has 2 N–H and O–H groups in total. The molecule has 1 atom stereocenters. The Morgan fingerprint density at radius 3 is 2.73 bits per heavy atom. The molecule has 3 nitrogen and oxygen atoms in total. The third-order valence-electron chi connectivity index (χ3n) is 2.21. The highest BCUT2D eigenvalue weighted by molar-refractivity contribution is 9.10. The van der Waals surface area contributed by atoms with Gasteiger partial charge in [-0.1, -0.05) is 6.07 Å². The van der Waals surface area contributed by atoms with E-state index in [1.54, 1.807) is 7.05 Å². The highest BCUT2D eigenvalue weighted by Crippen LogP contribution is 2.23. The summed E-state index contributed by atoms with van der Waals surface area (Å²) in [5, 5.41) is 5.75. The Morgan fingerprint density at radius 2 is 2.13 bits per heavy atom. The van der Waals surface area contributed by atoms with E-state index in [9.17, 15) is 4.79 Å². The van der Waals surface area contributed by atoms with Crippen molar-refractivity contribution in [2.75, 3.05) is 12.4 Å². The Labute approximate surface area is 98.4 Å². The topological polar surface area (TPSA) is 41.1 Å². The quantitative estimate of drug-likeness (QED) is 0.885. The Kier molecular flexibility index (Phi) is 4.29. The molecule has 1 amide bonds. The monoisotopic (exact) mass is 270 g/mol. The van der Waals surface area contributed by atoms with Crippen LogP contribution in [0.5, 0.6) is 0 Å². The number of aryl methyl sites for hydroxylation is 1. The number of nitrogens with one attached hydrogen (secondary N) is 2. The van der Waals surface area contributed by atoms with Gasteiger partial charge >= 0.3 is 0 Å². The molecular weight excluding hydrogens is 256 g/mol. The summed E-state index contributed by atoms with van der Waals surface area (Å²) in [6.45, 7) is 3.81. The van der Waals surface area contributed by atoms with Crippen molar-refractivity contribution in [2.24, 2.45) is 0 Å². The molecule has 0 saturated heterocycles. The lowest BCUT2D eigenvalue weighted by molar-refractivity contribution is -0.117. The van der Waals surface area contributed by atoms with Gasteiger partial charge < -0.3 is 10.6 Å². The number of likely N-dealkylation sites (N-methyl/N-ethyl adjacent to an activating group) is 1. The smallest absolute Gasteiger partial charge is 0.241 e. The van der Waals surface area contributed by atoms with E-state index in [-0.39, 0.29) is 11.9 Å². The van der Waals surface area contributed by atoms with Gasteiger partial charge in [0.05, 0.1) is 11.7 Å². The maximum absolute atomic E-state index is 11.6. The fourth-order valence-electron chi connectivity index (χ4n) is 1.11. The van der Waals surface area contributed by atoms with E-state index in [1.165, 1.54) is 0 Å². The van der Waals surface area contributed by atoms with Gasteiger partial charge in [0.1, 0.15) is 0 Å². The second-order valence-corrected chi connectivity index (χ2v) is 4.34. The minimum atomic E-state index is -0.197. The first kappa shape index (κ1) is 12.2. The largest absolute Gasteiger partial charge is 0.324 e. The molecule has 0 saturated carbocycles. The zero-order valence-corrected chi connectivity index (χ0v) is 10.7. The van der Waals surface area contributed by atoms with Crippen LogP contribution in [-0.2, 0) is 4.79 Å². The molecule has 1 aromatic rings. The molecule has 0 radical (unpaired) electrons. The predicted molar refractivity (Wildman–Crippen MR) is 66.0 cm³/mol. The van der Waals surface area contributed by atoms with Crippen LogP contribution in [0.25, 0.3) is 0 Å². The van der Waals surface area contributed by atoms with E-state index >= 15 is 0 Å². The average molecular weight is 271 g/mol. The van der Waals surface area contributed by atoms with Crippen molar-refractivity contribution in [3.63, 3.8) is 0 Å². The van der Waals surface area contributed by atoms with Crippen LogP contribution in [0.1, 0.15) is 12.5 Å². The molecule has 0 spiro atoms. The van der Waals surface area contributed by atoms with E-state index in [1.807, 2.05) is 32.0 Å². The van der Waals surface area contributed by atoms with Crippen molar-refractivity contribution < 1.29 is 4.79 Å². The summed E-state index contributed by atoms with van der Waals surface area (Å²) in [6.07, 6.45) is 0. The molecule has 0 fully saturated rings. The number of hydrogen-bond acceptors (Lipinski definition) is 2. The Morgan fingerprint density at radius 1 is 1.47 bits per heavy atom. The average Bonchev–Trinajstić information content (AvgIpc) is 2.22. The van der Waals surface area contributed by atoms with Crippen molar-refractivity contribution in [1.82, 2.24) is 5.32 Å². The second-order valence-electron chi connectivity index (χ2n) is 3.48. The van der Waals surface area contributed by atoms with Gasteiger partial charge in [-0.05, 0) is 54.5 Å². The van der Waals surface area contributed by atoms with Crippen molar-refractivity contribution in [3.8, 4) is 0 Å². The van der Waals surface area contributed by atoms with E-state index in [2.05, 4.69) is 26.6 Å². The molecule has 0 bridgehead atoms. The van der Waals surface area contributed by atoms with Crippen LogP contribution in [0.4, 0.5) is 5.69 Å². The minimum Gasteiger partial charge on any atom is -0.324 e. The summed E-state index contributed by atoms with van der Waals surface area (Å²) in [5.41, 5.74) is 1.92. The van der Waals surface area contributed by atoms with Crippen LogP contribution in [-0.4, -0.2) is 19.0 Å². The van der Waals surface area contributed by atoms with Crippen molar-refractivity contribution in [3.05, 3.63) is 28.2 Å². The third-order valence-corrected chi connectivity index (χ3v) is 2.90. The van der Waals surface area contributed by atoms with Gasteiger partial charge in [0.15, 0.2) is 0 Å². The van der Waals surface area contributed by atoms with Crippen molar-refractivity contribution in [2.45, 2.75) is 19.9 Å². The minimum absolute atomic E-state index is 0.0381. The number of halogens is 1. The van der Waals surface area contributed by atoms with Crippen molar-refractivity contribution >= 4 is 27.5 Å². The summed E-state index contributed by atoms with van der Waals surface area (Å²) in [7, 11) is 1.76. The molecular formula is C11H15BrN2O. The normalized spacial score (nSPS) is 12.3. The highest BCUT2D eigenvalue weighted by atomic mass is 79.9. The molecule has 1 aromatic carbocycles. The maximum atomic E-state index is 11.6. The van der Waals surface area contributed by atoms with Gasteiger partial charge in [0, 0.05) is 4.47 Å². The first-order chi connectivity index (χ1) is 7.04. The number of hydrogen-bond donors (Lipinski definition) is 2. The molecule has 82 valence electrons. The van der Waals surface area contributed by atoms with E-state index in [4.69, 9.17) is 0 Å². The van der Waals surface area contributed by atoms with Gasteiger partial charge in [-0.3, -0.25) is 4.79 Å². The first-order valence-electron chi connectivity index (χ1n) is 4.79. The van der Waals surface area contributed by atoms with E-state index < -0.39 is 0 Å². The molecule has 0 heterocycles. The van der Waals surface area contributed by atoms with Crippen LogP contribution >= 0.6 is 15.9 Å². The standard InChI is InChI=1S/C11H15BrN2O/c1-7-4-5-9(12)10(6-7)14-11(15)8(2)13-3/h4-6,8,13H,1-3H3,(H,14,15). The number of carbonyl (C=O) groups is 1. The molecule has 0 aliphatic heterocycles. The Balaban J connectivity index is 2.80. The van der Waals surface area contributed by atoms with Gasteiger partial charge in [0.2, 0.25) is 5.91 Å². The van der Waals surface area contributed by atoms with Crippen LogP contribution in [0, 0.1) is 6.92 Å². The fraction of sp³-hybridized carbons (Fsp3) is 0.364. The number of anilines is 1. The highest BCUT2D eigenvalue weighted by Gasteiger charge is 2.11. The second kappa shape index (κ2) is 5.28. The molecule has 0 aliphatic rings. The summed E-state index contributed by atoms with van der Waals surface area (Å²) < 4.78 is 0.893. The summed E-state index contributed by atoms with van der Waals surface area (Å²) >= 11 is 3.39. The Hall–Kier alpha value is -0.870. The van der Waals surface area contributed by atoms with E-state index in [0.29, 0.717) is 0 Å². The van der Waals surface area contributed by atoms with E-state index in [0.717, 1.165) is 15.7 Å². The van der Waals surface area contributed by atoms with Gasteiger partial charge in [-0.25, -0.2) is 0 Å². The number of benzene rings is 1. The SMILES string of the molecule is CNC(C)C(=O)Nc1cc(C)ccc1Br. The predicted octanol–water partition coefficient (Wildman–Crippen LogP) is 2.30. The summed E-state index contributed by atoms with van der Waals surface area (Å²) in [6, 6.07) is 5.65. The maximum Gasteiger partial charge on any atom is 0.241 e. The Bertz CT molecular complexity index is 366. The van der Waals surface area contributed by atoms with Crippen LogP contribution in [0.15, 0.2) is 22.7 Å². The van der Waals surface area contributed by atoms with Crippen molar-refractivity contribution in [1.29, 1.82) is 0 Å². The lowest BCUT2D eigenvalue weighted by Crippen LogP contribution is -2.35. The van der Waals surface area contributed by atoms with Gasteiger partial charge in [-0.2, -0.15) is 0 Å². The lowest BCUT2D eigenvalue weighted by atomic mass is 10.2. The lowest BCUT2D eigenvalue weighted by Gasteiger charge is -2.12. The molecule has 1 rings (SSSR count). The molecule has 0 aliphatic carbocycles. The first-order valence-corrected chi connectivity index (χ1v) is 5.58. The third kappa shape index (κ3) is 3.32. The number of amides is 1. The van der Waals surface area contributed by atoms with Gasteiger partial charge in [-0.15, -0.1) is 0 Å². The van der Waals surface area contributed by atoms with Crippen LogP contribution in [0.3, 0.4) is 0 Å². The van der Waals surface area contributed by atoms with Crippen LogP contribution in [0.2, 0.25) is 0 Å².